The maximum atomic E-state index is 5.15. The number of aryl methyl sites for hydroxylation is 2. The van der Waals surface area contributed by atoms with Crippen LogP contribution in [0.15, 0.2) is 47.6 Å². The van der Waals surface area contributed by atoms with Gasteiger partial charge in [-0.05, 0) is 37.1 Å². The monoisotopic (exact) mass is 494 g/mol. The van der Waals surface area contributed by atoms with Gasteiger partial charge >= 0.3 is 0 Å². The molecular formula is C20H27IN6O. The van der Waals surface area contributed by atoms with Crippen LogP contribution in [0.1, 0.15) is 17.8 Å². The van der Waals surface area contributed by atoms with Crippen LogP contribution in [0, 0.1) is 6.92 Å². The molecule has 0 radical (unpaired) electrons. The number of nitrogens with zero attached hydrogens (tertiary/aromatic N) is 4. The summed E-state index contributed by atoms with van der Waals surface area (Å²) in [6.07, 6.45) is 2.72. The van der Waals surface area contributed by atoms with Gasteiger partial charge in [-0.3, -0.25) is 4.99 Å². The first-order valence-corrected chi connectivity index (χ1v) is 9.06. The minimum atomic E-state index is 0. The van der Waals surface area contributed by atoms with Crippen LogP contribution in [-0.2, 0) is 13.1 Å². The molecule has 0 aliphatic carbocycles. The number of pyridine rings is 1. The van der Waals surface area contributed by atoms with E-state index in [0.29, 0.717) is 12.4 Å². The number of methoxy groups -OCH3 is 1. The van der Waals surface area contributed by atoms with Crippen molar-refractivity contribution in [1.29, 1.82) is 0 Å². The number of guanidine groups is 1. The van der Waals surface area contributed by atoms with Crippen LogP contribution in [-0.4, -0.2) is 41.2 Å². The van der Waals surface area contributed by atoms with Crippen molar-refractivity contribution in [2.24, 2.45) is 4.99 Å². The average molecular weight is 494 g/mol. The number of para-hydroxylation sites is 2. The van der Waals surface area contributed by atoms with Crippen LogP contribution in [0.3, 0.4) is 0 Å². The largest absolute Gasteiger partial charge is 0.481 e. The van der Waals surface area contributed by atoms with Gasteiger partial charge in [0.05, 0.1) is 18.1 Å². The molecule has 3 rings (SSSR count). The molecular weight excluding hydrogens is 467 g/mol. The first-order valence-electron chi connectivity index (χ1n) is 9.06. The Morgan fingerprint density at radius 2 is 2.04 bits per heavy atom. The van der Waals surface area contributed by atoms with Gasteiger partial charge in [0.2, 0.25) is 5.88 Å². The van der Waals surface area contributed by atoms with Gasteiger partial charge < -0.3 is 19.9 Å². The molecule has 0 fully saturated rings. The highest BCUT2D eigenvalue weighted by atomic mass is 127. The molecule has 0 saturated heterocycles. The fraction of sp³-hybridized carbons (Fsp3) is 0.350. The summed E-state index contributed by atoms with van der Waals surface area (Å²) >= 11 is 0. The summed E-state index contributed by atoms with van der Waals surface area (Å²) in [7, 11) is 3.39. The summed E-state index contributed by atoms with van der Waals surface area (Å²) in [5, 5.41) is 6.66. The van der Waals surface area contributed by atoms with Gasteiger partial charge in [0.15, 0.2) is 5.96 Å². The van der Waals surface area contributed by atoms with Crippen molar-refractivity contribution >= 4 is 41.0 Å². The number of aliphatic imine (C=N–C) groups is 1. The number of hydrogen-bond donors (Lipinski definition) is 2. The van der Waals surface area contributed by atoms with Crippen molar-refractivity contribution in [3.63, 3.8) is 0 Å². The summed E-state index contributed by atoms with van der Waals surface area (Å²) in [5.74, 6) is 2.43. The van der Waals surface area contributed by atoms with Gasteiger partial charge in [-0.2, -0.15) is 0 Å². The number of benzene rings is 1. The smallest absolute Gasteiger partial charge is 0.213 e. The lowest BCUT2D eigenvalue weighted by Gasteiger charge is -2.13. The predicted molar refractivity (Wildman–Crippen MR) is 123 cm³/mol. The highest BCUT2D eigenvalue weighted by molar-refractivity contribution is 14.0. The molecule has 0 spiro atoms. The molecule has 2 N–H and O–H groups in total. The quantitative estimate of drug-likeness (QED) is 0.229. The maximum Gasteiger partial charge on any atom is 0.213 e. The van der Waals surface area contributed by atoms with E-state index in [1.807, 2.05) is 18.2 Å². The van der Waals surface area contributed by atoms with Gasteiger partial charge in [-0.15, -0.1) is 24.0 Å². The lowest BCUT2D eigenvalue weighted by molar-refractivity contribution is 0.397. The fourth-order valence-electron chi connectivity index (χ4n) is 3.00. The molecule has 2 aromatic heterocycles. The van der Waals surface area contributed by atoms with E-state index in [1.54, 1.807) is 20.4 Å². The average Bonchev–Trinajstić information content (AvgIpc) is 3.02. The number of rotatable bonds is 7. The number of imidazole rings is 1. The van der Waals surface area contributed by atoms with Crippen LogP contribution in [0.2, 0.25) is 0 Å². The SMILES string of the molecule is CN=C(NCCCn1c(C)nc2ccccc21)NCc1ccnc(OC)c1.I. The molecule has 150 valence electrons. The molecule has 7 nitrogen and oxygen atoms in total. The Balaban J connectivity index is 0.00000280. The third kappa shape index (κ3) is 5.57. The van der Waals surface area contributed by atoms with Crippen LogP contribution < -0.4 is 15.4 Å². The van der Waals surface area contributed by atoms with E-state index < -0.39 is 0 Å². The zero-order valence-corrected chi connectivity index (χ0v) is 18.8. The lowest BCUT2D eigenvalue weighted by Crippen LogP contribution is -2.37. The molecule has 28 heavy (non-hydrogen) atoms. The Bertz CT molecular complexity index is 924. The van der Waals surface area contributed by atoms with E-state index in [9.17, 15) is 0 Å². The van der Waals surface area contributed by atoms with Crippen molar-refractivity contribution in [3.05, 3.63) is 54.0 Å². The lowest BCUT2D eigenvalue weighted by atomic mass is 10.2. The molecule has 0 bridgehead atoms. The first-order chi connectivity index (χ1) is 13.2. The molecule has 8 heteroatoms. The third-order valence-electron chi connectivity index (χ3n) is 4.39. The second-order valence-corrected chi connectivity index (χ2v) is 6.21. The summed E-state index contributed by atoms with van der Waals surface area (Å²) in [6, 6.07) is 12.1. The number of aromatic nitrogens is 3. The van der Waals surface area contributed by atoms with E-state index in [1.165, 1.54) is 5.52 Å². The Morgan fingerprint density at radius 3 is 2.82 bits per heavy atom. The second kappa shape index (κ2) is 10.8. The minimum Gasteiger partial charge on any atom is -0.481 e. The second-order valence-electron chi connectivity index (χ2n) is 6.21. The molecule has 2 heterocycles. The Labute approximate surface area is 182 Å². The van der Waals surface area contributed by atoms with Crippen molar-refractivity contribution in [2.45, 2.75) is 26.4 Å². The standard InChI is InChI=1S/C20H26N6O.HI/c1-15-25-17-7-4-5-8-18(17)26(15)12-6-10-23-20(21-2)24-14-16-9-11-22-19(13-16)27-3;/h4-5,7-9,11,13H,6,10,12,14H2,1-3H3,(H2,21,23,24);1H. The van der Waals surface area contributed by atoms with Gasteiger partial charge in [0, 0.05) is 38.9 Å². The van der Waals surface area contributed by atoms with Crippen molar-refractivity contribution < 1.29 is 4.74 Å². The molecule has 0 unspecified atom stereocenters. The van der Waals surface area contributed by atoms with Crippen molar-refractivity contribution in [3.8, 4) is 5.88 Å². The summed E-state index contributed by atoms with van der Waals surface area (Å²) in [6.45, 7) is 4.45. The van der Waals surface area contributed by atoms with E-state index in [-0.39, 0.29) is 24.0 Å². The Morgan fingerprint density at radius 1 is 1.21 bits per heavy atom. The molecule has 3 aromatic rings. The van der Waals surface area contributed by atoms with Gasteiger partial charge in [0.1, 0.15) is 5.82 Å². The number of ether oxygens (including phenoxy) is 1. The van der Waals surface area contributed by atoms with Crippen LogP contribution in [0.25, 0.3) is 11.0 Å². The molecule has 0 amide bonds. The topological polar surface area (TPSA) is 76.4 Å². The zero-order chi connectivity index (χ0) is 19.1. The highest BCUT2D eigenvalue weighted by Gasteiger charge is 2.06. The first kappa shape index (κ1) is 21.9. The number of halogens is 1. The fourth-order valence-corrected chi connectivity index (χ4v) is 3.00. The van der Waals surface area contributed by atoms with E-state index >= 15 is 0 Å². The Hall–Kier alpha value is -2.36. The summed E-state index contributed by atoms with van der Waals surface area (Å²) < 4.78 is 7.41. The zero-order valence-electron chi connectivity index (χ0n) is 16.5. The Kier molecular flexibility index (Phi) is 8.49. The van der Waals surface area contributed by atoms with Gasteiger partial charge in [-0.25, -0.2) is 9.97 Å². The van der Waals surface area contributed by atoms with Crippen molar-refractivity contribution in [2.75, 3.05) is 20.7 Å². The summed E-state index contributed by atoms with van der Waals surface area (Å²) in [5.41, 5.74) is 3.32. The van der Waals surface area contributed by atoms with Crippen LogP contribution in [0.5, 0.6) is 5.88 Å². The van der Waals surface area contributed by atoms with Crippen molar-refractivity contribution in [1.82, 2.24) is 25.2 Å². The predicted octanol–water partition coefficient (Wildman–Crippen LogP) is 3.12. The van der Waals surface area contributed by atoms with Gasteiger partial charge in [-0.1, -0.05) is 12.1 Å². The molecule has 0 atom stereocenters. The third-order valence-corrected chi connectivity index (χ3v) is 4.39. The summed E-state index contributed by atoms with van der Waals surface area (Å²) in [4.78, 5) is 13.0. The number of nitrogens with one attached hydrogen (secondary N) is 2. The molecule has 1 aromatic carbocycles. The van der Waals surface area contributed by atoms with Gasteiger partial charge in [0.25, 0.3) is 0 Å². The number of fused-ring (bicyclic) bond motifs is 1. The maximum absolute atomic E-state index is 5.15. The molecule has 0 aliphatic rings. The van der Waals surface area contributed by atoms with E-state index in [4.69, 9.17) is 4.74 Å². The molecule has 0 aliphatic heterocycles. The van der Waals surface area contributed by atoms with Crippen LogP contribution in [0.4, 0.5) is 0 Å². The normalized spacial score (nSPS) is 11.2. The minimum absolute atomic E-state index is 0. The van der Waals surface area contributed by atoms with E-state index in [2.05, 4.69) is 55.3 Å². The van der Waals surface area contributed by atoms with E-state index in [0.717, 1.165) is 42.4 Å². The van der Waals surface area contributed by atoms with Crippen LogP contribution >= 0.6 is 24.0 Å². The highest BCUT2D eigenvalue weighted by Crippen LogP contribution is 2.15. The molecule has 0 saturated carbocycles. The number of hydrogen-bond acceptors (Lipinski definition) is 4.